The Morgan fingerprint density at radius 1 is 1.42 bits per heavy atom. The summed E-state index contributed by atoms with van der Waals surface area (Å²) >= 11 is 0. The molecule has 0 saturated carbocycles. The van der Waals surface area contributed by atoms with Crippen LogP contribution in [0.3, 0.4) is 0 Å². The summed E-state index contributed by atoms with van der Waals surface area (Å²) < 4.78 is 10.1. The van der Waals surface area contributed by atoms with Crippen LogP contribution in [0.1, 0.15) is 6.42 Å². The Labute approximate surface area is 111 Å². The number of pyridine rings is 1. The highest BCUT2D eigenvalue weighted by molar-refractivity contribution is 5.79. The molecule has 0 aliphatic heterocycles. The first-order valence-corrected chi connectivity index (χ1v) is 6.01. The summed E-state index contributed by atoms with van der Waals surface area (Å²) in [5.74, 6) is 0.309. The van der Waals surface area contributed by atoms with Gasteiger partial charge in [0.15, 0.2) is 0 Å². The number of aromatic nitrogens is 1. The Kier molecular flexibility index (Phi) is 4.30. The van der Waals surface area contributed by atoms with Gasteiger partial charge in [0.05, 0.1) is 19.2 Å². The van der Waals surface area contributed by atoms with Crippen molar-refractivity contribution < 1.29 is 14.3 Å². The van der Waals surface area contributed by atoms with E-state index in [4.69, 9.17) is 10.5 Å². The second kappa shape index (κ2) is 6.15. The molecule has 1 unspecified atom stereocenters. The van der Waals surface area contributed by atoms with Crippen LogP contribution in [0.5, 0.6) is 5.75 Å². The average molecular weight is 260 g/mol. The van der Waals surface area contributed by atoms with E-state index >= 15 is 0 Å². The predicted octanol–water partition coefficient (Wildman–Crippen LogP) is 1.50. The molecule has 1 atom stereocenters. The summed E-state index contributed by atoms with van der Waals surface area (Å²) in [4.78, 5) is 15.3. The van der Waals surface area contributed by atoms with Crippen LogP contribution in [0.2, 0.25) is 0 Å². The van der Waals surface area contributed by atoms with Gasteiger partial charge in [-0.2, -0.15) is 0 Å². The highest BCUT2D eigenvalue weighted by Crippen LogP contribution is 2.19. The largest absolute Gasteiger partial charge is 0.493 e. The first kappa shape index (κ1) is 13.3. The zero-order valence-corrected chi connectivity index (χ0v) is 10.7. The number of carbonyl (C=O) groups excluding carboxylic acids is 1. The lowest BCUT2D eigenvalue weighted by Crippen LogP contribution is -2.33. The van der Waals surface area contributed by atoms with E-state index in [0.29, 0.717) is 13.0 Å². The second-order valence-corrected chi connectivity index (χ2v) is 4.12. The Morgan fingerprint density at radius 2 is 2.26 bits per heavy atom. The lowest BCUT2D eigenvalue weighted by molar-refractivity contribution is -0.142. The Bertz CT molecular complexity index is 571. The molecular weight excluding hydrogens is 244 g/mol. The van der Waals surface area contributed by atoms with Crippen molar-refractivity contribution in [2.24, 2.45) is 5.73 Å². The third kappa shape index (κ3) is 3.42. The van der Waals surface area contributed by atoms with Crippen molar-refractivity contribution in [2.45, 2.75) is 12.5 Å². The second-order valence-electron chi connectivity index (χ2n) is 4.12. The van der Waals surface area contributed by atoms with Crippen LogP contribution >= 0.6 is 0 Å². The molecule has 2 rings (SSSR count). The fourth-order valence-electron chi connectivity index (χ4n) is 1.72. The van der Waals surface area contributed by atoms with Crippen molar-refractivity contribution in [3.8, 4) is 5.75 Å². The van der Waals surface area contributed by atoms with Crippen molar-refractivity contribution in [3.63, 3.8) is 0 Å². The maximum absolute atomic E-state index is 11.1. The summed E-state index contributed by atoms with van der Waals surface area (Å²) in [6.07, 6.45) is 2.16. The van der Waals surface area contributed by atoms with Gasteiger partial charge in [-0.25, -0.2) is 0 Å². The minimum absolute atomic E-state index is 0.363. The standard InChI is InChI=1S/C14H16N2O3/c1-18-14(17)12(15)6-8-19-11-4-5-13-10(9-11)3-2-7-16-13/h2-5,7,9,12H,6,8,15H2,1H3. The smallest absolute Gasteiger partial charge is 0.322 e. The quantitative estimate of drug-likeness (QED) is 0.825. The molecule has 1 aromatic carbocycles. The SMILES string of the molecule is COC(=O)C(N)CCOc1ccc2ncccc2c1. The molecule has 1 aromatic heterocycles. The summed E-state index contributed by atoms with van der Waals surface area (Å²) in [7, 11) is 1.32. The highest BCUT2D eigenvalue weighted by atomic mass is 16.5. The number of methoxy groups -OCH3 is 1. The first-order valence-electron chi connectivity index (χ1n) is 6.01. The Morgan fingerprint density at radius 3 is 3.05 bits per heavy atom. The topological polar surface area (TPSA) is 74.4 Å². The number of nitrogens with two attached hydrogens (primary N) is 1. The first-order chi connectivity index (χ1) is 9.20. The maximum Gasteiger partial charge on any atom is 0.322 e. The molecule has 0 amide bonds. The van der Waals surface area contributed by atoms with Crippen LogP contribution in [0.25, 0.3) is 10.9 Å². The molecule has 0 spiro atoms. The molecule has 19 heavy (non-hydrogen) atoms. The summed E-state index contributed by atoms with van der Waals surface area (Å²) in [5.41, 5.74) is 6.54. The van der Waals surface area contributed by atoms with E-state index in [1.807, 2.05) is 30.3 Å². The van der Waals surface area contributed by atoms with E-state index in [9.17, 15) is 4.79 Å². The highest BCUT2D eigenvalue weighted by Gasteiger charge is 2.13. The van der Waals surface area contributed by atoms with E-state index in [1.165, 1.54) is 7.11 Å². The number of fused-ring (bicyclic) bond motifs is 1. The van der Waals surface area contributed by atoms with E-state index in [0.717, 1.165) is 16.7 Å². The zero-order chi connectivity index (χ0) is 13.7. The molecule has 2 aromatic rings. The predicted molar refractivity (Wildman–Crippen MR) is 71.8 cm³/mol. The molecule has 5 heteroatoms. The number of rotatable bonds is 5. The summed E-state index contributed by atoms with van der Waals surface area (Å²) in [6.45, 7) is 0.363. The van der Waals surface area contributed by atoms with Gasteiger partial charge in [-0.05, 0) is 24.3 Å². The molecule has 0 saturated heterocycles. The maximum atomic E-state index is 11.1. The van der Waals surface area contributed by atoms with Gasteiger partial charge in [-0.15, -0.1) is 0 Å². The van der Waals surface area contributed by atoms with E-state index in [2.05, 4.69) is 9.72 Å². The monoisotopic (exact) mass is 260 g/mol. The molecule has 0 aliphatic rings. The van der Waals surface area contributed by atoms with Crippen molar-refractivity contribution in [1.29, 1.82) is 0 Å². The van der Waals surface area contributed by atoms with E-state index in [-0.39, 0.29) is 0 Å². The lowest BCUT2D eigenvalue weighted by atomic mass is 10.2. The Hall–Kier alpha value is -2.14. The minimum Gasteiger partial charge on any atom is -0.493 e. The third-order valence-electron chi connectivity index (χ3n) is 2.78. The normalized spacial score (nSPS) is 12.1. The molecular formula is C14H16N2O3. The number of hydrogen-bond acceptors (Lipinski definition) is 5. The molecule has 5 nitrogen and oxygen atoms in total. The van der Waals surface area contributed by atoms with Crippen molar-refractivity contribution in [3.05, 3.63) is 36.5 Å². The molecule has 0 bridgehead atoms. The van der Waals surface area contributed by atoms with Crippen LogP contribution in [0, 0.1) is 0 Å². The molecule has 0 fully saturated rings. The number of nitrogens with zero attached hydrogens (tertiary/aromatic N) is 1. The van der Waals surface area contributed by atoms with Crippen LogP contribution in [-0.2, 0) is 9.53 Å². The van der Waals surface area contributed by atoms with E-state index in [1.54, 1.807) is 6.20 Å². The van der Waals surface area contributed by atoms with E-state index < -0.39 is 12.0 Å². The van der Waals surface area contributed by atoms with Crippen LogP contribution in [0.15, 0.2) is 36.5 Å². The molecule has 100 valence electrons. The summed E-state index contributed by atoms with van der Waals surface area (Å²) in [6, 6.07) is 8.84. The van der Waals surface area contributed by atoms with Gasteiger partial charge < -0.3 is 15.2 Å². The molecule has 0 aliphatic carbocycles. The molecule has 0 radical (unpaired) electrons. The van der Waals surface area contributed by atoms with Gasteiger partial charge in [0, 0.05) is 18.0 Å². The minimum atomic E-state index is -0.646. The molecule has 2 N–H and O–H groups in total. The van der Waals surface area contributed by atoms with Gasteiger partial charge in [0.1, 0.15) is 11.8 Å². The van der Waals surface area contributed by atoms with Crippen LogP contribution in [-0.4, -0.2) is 30.7 Å². The number of esters is 1. The fourth-order valence-corrected chi connectivity index (χ4v) is 1.72. The summed E-state index contributed by atoms with van der Waals surface area (Å²) in [5, 5.41) is 1.01. The van der Waals surface area contributed by atoms with Gasteiger partial charge >= 0.3 is 5.97 Å². The van der Waals surface area contributed by atoms with Gasteiger partial charge in [0.25, 0.3) is 0 Å². The Balaban J connectivity index is 1.93. The number of carbonyl (C=O) groups is 1. The lowest BCUT2D eigenvalue weighted by Gasteiger charge is -2.10. The van der Waals surface area contributed by atoms with Crippen molar-refractivity contribution >= 4 is 16.9 Å². The van der Waals surface area contributed by atoms with Crippen molar-refractivity contribution in [2.75, 3.05) is 13.7 Å². The van der Waals surface area contributed by atoms with Crippen molar-refractivity contribution in [1.82, 2.24) is 4.98 Å². The van der Waals surface area contributed by atoms with Gasteiger partial charge in [-0.3, -0.25) is 9.78 Å². The zero-order valence-electron chi connectivity index (χ0n) is 10.7. The van der Waals surface area contributed by atoms with Gasteiger partial charge in [0.2, 0.25) is 0 Å². The number of benzene rings is 1. The third-order valence-corrected chi connectivity index (χ3v) is 2.78. The average Bonchev–Trinajstić information content (AvgIpc) is 2.46. The number of ether oxygens (including phenoxy) is 2. The van der Waals surface area contributed by atoms with Crippen LogP contribution < -0.4 is 10.5 Å². The fraction of sp³-hybridized carbons (Fsp3) is 0.286. The van der Waals surface area contributed by atoms with Gasteiger partial charge in [-0.1, -0.05) is 6.07 Å². The number of hydrogen-bond donors (Lipinski definition) is 1. The molecule has 1 heterocycles. The van der Waals surface area contributed by atoms with Crippen LogP contribution in [0.4, 0.5) is 0 Å².